The van der Waals surface area contributed by atoms with Gasteiger partial charge in [-0.05, 0) is 24.4 Å². The highest BCUT2D eigenvalue weighted by Crippen LogP contribution is 2.23. The van der Waals surface area contributed by atoms with Crippen LogP contribution in [0.1, 0.15) is 5.69 Å². The Kier molecular flexibility index (Phi) is 2.65. The van der Waals surface area contributed by atoms with Gasteiger partial charge in [-0.3, -0.25) is 9.67 Å². The standard InChI is InChI=1S/C15H13N5S/c1-19-7-6-10(18-19)9-20-14-11-4-2-3-5-12(11)16-8-13(14)17-15(20)21/h2-8H,9H2,1H3,(H,17,21). The van der Waals surface area contributed by atoms with Crippen LogP contribution >= 0.6 is 12.2 Å². The molecule has 6 heteroatoms. The minimum atomic E-state index is 0.647. The second-order valence-electron chi connectivity index (χ2n) is 5.03. The molecule has 0 atom stereocenters. The van der Waals surface area contributed by atoms with Gasteiger partial charge >= 0.3 is 0 Å². The van der Waals surface area contributed by atoms with E-state index >= 15 is 0 Å². The number of aryl methyl sites for hydroxylation is 1. The van der Waals surface area contributed by atoms with Crippen LogP contribution in [0.2, 0.25) is 0 Å². The molecule has 0 aliphatic carbocycles. The van der Waals surface area contributed by atoms with Gasteiger partial charge in [-0.25, -0.2) is 0 Å². The van der Waals surface area contributed by atoms with E-state index < -0.39 is 0 Å². The number of nitrogens with zero attached hydrogens (tertiary/aromatic N) is 4. The topological polar surface area (TPSA) is 51.4 Å². The Labute approximate surface area is 125 Å². The van der Waals surface area contributed by atoms with Crippen LogP contribution in [0.5, 0.6) is 0 Å². The number of imidazole rings is 1. The summed E-state index contributed by atoms with van der Waals surface area (Å²) in [7, 11) is 1.91. The van der Waals surface area contributed by atoms with Gasteiger partial charge in [0.25, 0.3) is 0 Å². The van der Waals surface area contributed by atoms with Crippen molar-refractivity contribution in [3.8, 4) is 0 Å². The number of para-hydroxylation sites is 1. The highest BCUT2D eigenvalue weighted by molar-refractivity contribution is 7.71. The third kappa shape index (κ3) is 1.95. The molecule has 0 unspecified atom stereocenters. The quantitative estimate of drug-likeness (QED) is 0.578. The van der Waals surface area contributed by atoms with Crippen molar-refractivity contribution < 1.29 is 0 Å². The maximum absolute atomic E-state index is 5.47. The van der Waals surface area contributed by atoms with Crippen LogP contribution < -0.4 is 0 Å². The Morgan fingerprint density at radius 3 is 2.90 bits per heavy atom. The third-order valence-electron chi connectivity index (χ3n) is 3.59. The fourth-order valence-electron chi connectivity index (χ4n) is 2.65. The van der Waals surface area contributed by atoms with E-state index in [1.807, 2.05) is 43.7 Å². The smallest absolute Gasteiger partial charge is 0.178 e. The maximum atomic E-state index is 5.47. The molecule has 3 aromatic heterocycles. The highest BCUT2D eigenvalue weighted by Gasteiger charge is 2.10. The number of aromatic amines is 1. The van der Waals surface area contributed by atoms with Crippen molar-refractivity contribution in [2.45, 2.75) is 6.54 Å². The predicted molar refractivity (Wildman–Crippen MR) is 84.7 cm³/mol. The number of pyridine rings is 1. The molecule has 104 valence electrons. The zero-order chi connectivity index (χ0) is 14.4. The lowest BCUT2D eigenvalue weighted by Crippen LogP contribution is -2.02. The van der Waals surface area contributed by atoms with E-state index in [4.69, 9.17) is 12.2 Å². The second kappa shape index (κ2) is 4.53. The molecule has 4 rings (SSSR count). The Bertz CT molecular complexity index is 1010. The number of fused-ring (bicyclic) bond motifs is 3. The summed E-state index contributed by atoms with van der Waals surface area (Å²) in [6.07, 6.45) is 3.77. The number of aromatic nitrogens is 5. The van der Waals surface area contributed by atoms with Crippen molar-refractivity contribution in [3.63, 3.8) is 0 Å². The van der Waals surface area contributed by atoms with Crippen molar-refractivity contribution in [3.05, 3.63) is 53.2 Å². The molecule has 3 heterocycles. The first-order valence-corrected chi connectivity index (χ1v) is 7.08. The predicted octanol–water partition coefficient (Wildman–Crippen LogP) is 3.03. The zero-order valence-corrected chi connectivity index (χ0v) is 12.3. The molecule has 0 aliphatic heterocycles. The first-order chi connectivity index (χ1) is 10.2. The fraction of sp³-hybridized carbons (Fsp3) is 0.133. The zero-order valence-electron chi connectivity index (χ0n) is 11.4. The van der Waals surface area contributed by atoms with E-state index in [9.17, 15) is 0 Å². The maximum Gasteiger partial charge on any atom is 0.178 e. The van der Waals surface area contributed by atoms with Gasteiger partial charge in [-0.1, -0.05) is 18.2 Å². The van der Waals surface area contributed by atoms with E-state index in [2.05, 4.69) is 25.7 Å². The number of rotatable bonds is 2. The van der Waals surface area contributed by atoms with E-state index in [1.165, 1.54) is 0 Å². The van der Waals surface area contributed by atoms with Gasteiger partial charge in [0.05, 0.1) is 35.0 Å². The molecule has 0 bridgehead atoms. The molecular weight excluding hydrogens is 282 g/mol. The van der Waals surface area contributed by atoms with Gasteiger partial charge in [0, 0.05) is 18.6 Å². The minimum Gasteiger partial charge on any atom is -0.329 e. The average molecular weight is 295 g/mol. The van der Waals surface area contributed by atoms with Gasteiger partial charge < -0.3 is 9.55 Å². The molecule has 0 aliphatic rings. The third-order valence-corrected chi connectivity index (χ3v) is 3.92. The number of H-pyrrole nitrogens is 1. The molecule has 5 nitrogen and oxygen atoms in total. The van der Waals surface area contributed by atoms with Crippen molar-refractivity contribution in [1.29, 1.82) is 0 Å². The van der Waals surface area contributed by atoms with Crippen LogP contribution in [0.15, 0.2) is 42.7 Å². The van der Waals surface area contributed by atoms with Gasteiger partial charge in [0.1, 0.15) is 0 Å². The lowest BCUT2D eigenvalue weighted by molar-refractivity contribution is 0.711. The monoisotopic (exact) mass is 295 g/mol. The first-order valence-electron chi connectivity index (χ1n) is 6.67. The molecule has 21 heavy (non-hydrogen) atoms. The van der Waals surface area contributed by atoms with Crippen LogP contribution in [0.25, 0.3) is 21.9 Å². The molecule has 0 saturated heterocycles. The summed E-state index contributed by atoms with van der Waals surface area (Å²) in [6, 6.07) is 10.1. The Hall–Kier alpha value is -2.47. The molecule has 0 amide bonds. The summed E-state index contributed by atoms with van der Waals surface area (Å²) < 4.78 is 4.57. The number of hydrogen-bond donors (Lipinski definition) is 1. The SMILES string of the molecule is Cn1ccc(Cn2c(=S)[nH]c3cnc4ccccc4c32)n1. The Morgan fingerprint density at radius 2 is 2.10 bits per heavy atom. The molecule has 0 spiro atoms. The van der Waals surface area contributed by atoms with Gasteiger partial charge in [-0.2, -0.15) is 5.10 Å². The van der Waals surface area contributed by atoms with Gasteiger partial charge in [0.2, 0.25) is 0 Å². The van der Waals surface area contributed by atoms with E-state index in [0.29, 0.717) is 11.3 Å². The number of hydrogen-bond acceptors (Lipinski definition) is 3. The van der Waals surface area contributed by atoms with Gasteiger partial charge in [-0.15, -0.1) is 0 Å². The number of benzene rings is 1. The largest absolute Gasteiger partial charge is 0.329 e. The average Bonchev–Trinajstić information content (AvgIpc) is 3.03. The van der Waals surface area contributed by atoms with Crippen molar-refractivity contribution >= 4 is 34.2 Å². The minimum absolute atomic E-state index is 0.647. The summed E-state index contributed by atoms with van der Waals surface area (Å²) in [5, 5.41) is 5.53. The molecule has 1 aromatic carbocycles. The van der Waals surface area contributed by atoms with E-state index in [0.717, 1.165) is 27.6 Å². The van der Waals surface area contributed by atoms with E-state index in [1.54, 1.807) is 4.68 Å². The summed E-state index contributed by atoms with van der Waals surface area (Å²) in [6.45, 7) is 0.647. The van der Waals surface area contributed by atoms with Crippen molar-refractivity contribution in [2.75, 3.05) is 0 Å². The summed E-state index contributed by atoms with van der Waals surface area (Å²) in [5.74, 6) is 0. The van der Waals surface area contributed by atoms with E-state index in [-0.39, 0.29) is 0 Å². The molecule has 0 radical (unpaired) electrons. The van der Waals surface area contributed by atoms with Crippen LogP contribution in [0, 0.1) is 4.77 Å². The molecule has 4 aromatic rings. The molecular formula is C15H13N5S. The summed E-state index contributed by atoms with van der Waals surface area (Å²) >= 11 is 5.47. The Morgan fingerprint density at radius 1 is 1.24 bits per heavy atom. The lowest BCUT2D eigenvalue weighted by Gasteiger charge is -2.05. The van der Waals surface area contributed by atoms with Crippen molar-refractivity contribution in [1.82, 2.24) is 24.3 Å². The first kappa shape index (κ1) is 12.3. The fourth-order valence-corrected chi connectivity index (χ4v) is 2.92. The van der Waals surface area contributed by atoms with Crippen LogP contribution in [-0.4, -0.2) is 24.3 Å². The number of nitrogens with one attached hydrogen (secondary N) is 1. The Balaban J connectivity index is 2.01. The second-order valence-corrected chi connectivity index (χ2v) is 5.42. The van der Waals surface area contributed by atoms with Crippen LogP contribution in [0.4, 0.5) is 0 Å². The van der Waals surface area contributed by atoms with Gasteiger partial charge in [0.15, 0.2) is 4.77 Å². The molecule has 1 N–H and O–H groups in total. The summed E-state index contributed by atoms with van der Waals surface area (Å²) in [4.78, 5) is 7.69. The van der Waals surface area contributed by atoms with Crippen molar-refractivity contribution in [2.24, 2.45) is 7.05 Å². The van der Waals surface area contributed by atoms with Crippen LogP contribution in [-0.2, 0) is 13.6 Å². The highest BCUT2D eigenvalue weighted by atomic mass is 32.1. The summed E-state index contributed by atoms with van der Waals surface area (Å²) in [5.41, 5.74) is 3.98. The molecule has 0 saturated carbocycles. The lowest BCUT2D eigenvalue weighted by atomic mass is 10.2. The normalized spacial score (nSPS) is 11.5. The molecule has 0 fully saturated rings. The van der Waals surface area contributed by atoms with Crippen LogP contribution in [0.3, 0.4) is 0 Å².